The van der Waals surface area contributed by atoms with Crippen molar-refractivity contribution in [3.8, 4) is 0 Å². The predicted octanol–water partition coefficient (Wildman–Crippen LogP) is 2.07. The minimum atomic E-state index is -3.45. The van der Waals surface area contributed by atoms with Crippen LogP contribution in [0.15, 0.2) is 0 Å². The average molecular weight is 213 g/mol. The maximum atomic E-state index is 10.9. The van der Waals surface area contributed by atoms with Gasteiger partial charge in [0.2, 0.25) is 0 Å². The van der Waals surface area contributed by atoms with E-state index in [1.54, 1.807) is 0 Å². The molecule has 72 valence electrons. The molecule has 0 aliphatic heterocycles. The first-order valence-electron chi connectivity index (χ1n) is 4.17. The van der Waals surface area contributed by atoms with Crippen molar-refractivity contribution in [1.82, 2.24) is 0 Å². The Bertz CT molecular complexity index is 219. The van der Waals surface area contributed by atoms with Crippen molar-refractivity contribution in [3.05, 3.63) is 0 Å². The van der Waals surface area contributed by atoms with E-state index in [9.17, 15) is 8.42 Å². The Hall–Kier alpha value is 0.200. The Labute approximate surface area is 78.3 Å². The molecule has 1 aliphatic carbocycles. The zero-order valence-electron chi connectivity index (χ0n) is 6.83. The van der Waals surface area contributed by atoms with E-state index in [0.717, 1.165) is 25.7 Å². The van der Waals surface area contributed by atoms with Crippen LogP contribution in [0.3, 0.4) is 0 Å². The predicted molar refractivity (Wildman–Crippen MR) is 47.3 cm³/mol. The van der Waals surface area contributed by atoms with Gasteiger partial charge in [-0.1, -0.05) is 19.3 Å². The third kappa shape index (κ3) is 3.29. The molecule has 0 spiro atoms. The fraction of sp³-hybridized carbons (Fsp3) is 1.00. The maximum Gasteiger partial charge on any atom is 0.283 e. The van der Waals surface area contributed by atoms with E-state index >= 15 is 0 Å². The van der Waals surface area contributed by atoms with Crippen molar-refractivity contribution in [1.29, 1.82) is 0 Å². The van der Waals surface area contributed by atoms with E-state index < -0.39 is 10.1 Å². The number of halogens is 1. The lowest BCUT2D eigenvalue weighted by Gasteiger charge is -2.19. The average Bonchev–Trinajstić information content (AvgIpc) is 2.06. The standard InChI is InChI=1S/C7H13ClO3S/c8-11-12(9,10)6-7-4-2-1-3-5-7/h7H,1-6H2. The van der Waals surface area contributed by atoms with Crippen LogP contribution in [0, 0.1) is 5.92 Å². The fourth-order valence-corrected chi connectivity index (χ4v) is 2.78. The van der Waals surface area contributed by atoms with Gasteiger partial charge in [-0.2, -0.15) is 12.2 Å². The minimum Gasteiger partial charge on any atom is -0.198 e. The first kappa shape index (κ1) is 10.3. The summed E-state index contributed by atoms with van der Waals surface area (Å²) in [6.07, 6.45) is 5.45. The van der Waals surface area contributed by atoms with Crippen molar-refractivity contribution < 1.29 is 12.2 Å². The summed E-state index contributed by atoms with van der Waals surface area (Å²) in [5.74, 6) is 0.332. The Balaban J connectivity index is 2.39. The third-order valence-corrected chi connectivity index (χ3v) is 3.91. The van der Waals surface area contributed by atoms with Gasteiger partial charge in [-0.3, -0.25) is 0 Å². The smallest absolute Gasteiger partial charge is 0.198 e. The Kier molecular flexibility index (Phi) is 3.80. The summed E-state index contributed by atoms with van der Waals surface area (Å²) in [4.78, 5) is 0. The molecular weight excluding hydrogens is 200 g/mol. The van der Waals surface area contributed by atoms with Gasteiger partial charge in [-0.15, -0.1) is 0 Å². The van der Waals surface area contributed by atoms with Crippen molar-refractivity contribution in [2.24, 2.45) is 5.92 Å². The fourth-order valence-electron chi connectivity index (χ4n) is 1.67. The van der Waals surface area contributed by atoms with Crippen molar-refractivity contribution in [2.45, 2.75) is 32.1 Å². The van der Waals surface area contributed by atoms with Gasteiger partial charge in [0.15, 0.2) is 0 Å². The number of rotatable bonds is 3. The molecule has 0 aromatic carbocycles. The molecule has 0 bridgehead atoms. The highest BCUT2D eigenvalue weighted by atomic mass is 35.5. The first-order valence-corrected chi connectivity index (χ1v) is 6.05. The second-order valence-corrected chi connectivity index (χ2v) is 5.24. The van der Waals surface area contributed by atoms with Crippen LogP contribution in [-0.2, 0) is 13.9 Å². The van der Waals surface area contributed by atoms with Crippen molar-refractivity contribution in [3.63, 3.8) is 0 Å². The van der Waals surface area contributed by atoms with Gasteiger partial charge in [-0.25, -0.2) is 0 Å². The molecule has 0 heterocycles. The van der Waals surface area contributed by atoms with E-state index in [4.69, 9.17) is 11.9 Å². The van der Waals surface area contributed by atoms with E-state index in [-0.39, 0.29) is 11.7 Å². The molecule has 0 amide bonds. The summed E-state index contributed by atoms with van der Waals surface area (Å²) in [7, 11) is -3.45. The lowest BCUT2D eigenvalue weighted by molar-refractivity contribution is 0.377. The Morgan fingerprint density at radius 3 is 2.33 bits per heavy atom. The molecule has 0 N–H and O–H groups in total. The van der Waals surface area contributed by atoms with Gasteiger partial charge < -0.3 is 0 Å². The first-order chi connectivity index (χ1) is 5.64. The van der Waals surface area contributed by atoms with Gasteiger partial charge in [-0.05, 0) is 18.8 Å². The molecule has 0 saturated heterocycles. The second kappa shape index (κ2) is 4.44. The van der Waals surface area contributed by atoms with Crippen LogP contribution in [0.4, 0.5) is 0 Å². The molecule has 0 unspecified atom stereocenters. The van der Waals surface area contributed by atoms with Crippen molar-refractivity contribution >= 4 is 22.0 Å². The molecule has 0 aromatic heterocycles. The van der Waals surface area contributed by atoms with Gasteiger partial charge in [0.25, 0.3) is 10.1 Å². The van der Waals surface area contributed by atoms with Gasteiger partial charge >= 0.3 is 0 Å². The zero-order chi connectivity index (χ0) is 9.03. The normalized spacial score (nSPS) is 21.1. The summed E-state index contributed by atoms with van der Waals surface area (Å²) in [5, 5.41) is 0. The highest BCUT2D eigenvalue weighted by molar-refractivity contribution is 7.87. The van der Waals surface area contributed by atoms with Crippen LogP contribution >= 0.6 is 11.9 Å². The van der Waals surface area contributed by atoms with Crippen molar-refractivity contribution in [2.75, 3.05) is 5.75 Å². The molecule has 12 heavy (non-hydrogen) atoms. The molecule has 1 aliphatic rings. The molecule has 0 radical (unpaired) electrons. The van der Waals surface area contributed by atoms with E-state index in [2.05, 4.69) is 3.74 Å². The minimum absolute atomic E-state index is 0.0799. The highest BCUT2D eigenvalue weighted by Crippen LogP contribution is 2.25. The maximum absolute atomic E-state index is 10.9. The Morgan fingerprint density at radius 2 is 1.83 bits per heavy atom. The van der Waals surface area contributed by atoms with E-state index in [1.807, 2.05) is 0 Å². The van der Waals surface area contributed by atoms with Crippen LogP contribution in [0.25, 0.3) is 0 Å². The molecule has 1 rings (SSSR count). The number of hydrogen-bond acceptors (Lipinski definition) is 3. The molecular formula is C7H13ClO3S. The highest BCUT2D eigenvalue weighted by Gasteiger charge is 2.21. The summed E-state index contributed by atoms with van der Waals surface area (Å²) < 4.78 is 25.7. The van der Waals surface area contributed by atoms with Crippen LogP contribution in [0.5, 0.6) is 0 Å². The summed E-state index contributed by atoms with van der Waals surface area (Å²) in [6.45, 7) is 0. The van der Waals surface area contributed by atoms with Crippen LogP contribution < -0.4 is 0 Å². The van der Waals surface area contributed by atoms with E-state index in [1.165, 1.54) is 6.42 Å². The lowest BCUT2D eigenvalue weighted by Crippen LogP contribution is -2.18. The summed E-state index contributed by atoms with van der Waals surface area (Å²) >= 11 is 4.82. The zero-order valence-corrected chi connectivity index (χ0v) is 8.40. The van der Waals surface area contributed by atoms with Crippen LogP contribution in [0.2, 0.25) is 0 Å². The SMILES string of the molecule is O=S(=O)(CC1CCCCC1)OCl. The van der Waals surface area contributed by atoms with Crippen LogP contribution in [0.1, 0.15) is 32.1 Å². The van der Waals surface area contributed by atoms with Crippen LogP contribution in [-0.4, -0.2) is 14.2 Å². The van der Waals surface area contributed by atoms with Gasteiger partial charge in [0.1, 0.15) is 0 Å². The van der Waals surface area contributed by atoms with E-state index in [0.29, 0.717) is 0 Å². The summed E-state index contributed by atoms with van der Waals surface area (Å²) in [6, 6.07) is 0. The molecule has 3 nitrogen and oxygen atoms in total. The van der Waals surface area contributed by atoms with Gasteiger partial charge in [0.05, 0.1) is 17.6 Å². The summed E-state index contributed by atoms with van der Waals surface area (Å²) in [5.41, 5.74) is 0. The molecule has 5 heteroatoms. The quantitative estimate of drug-likeness (QED) is 0.720. The monoisotopic (exact) mass is 212 g/mol. The topological polar surface area (TPSA) is 43.4 Å². The Morgan fingerprint density at radius 1 is 1.25 bits per heavy atom. The second-order valence-electron chi connectivity index (χ2n) is 3.29. The third-order valence-electron chi connectivity index (χ3n) is 2.26. The molecule has 1 fully saturated rings. The number of hydrogen-bond donors (Lipinski definition) is 0. The molecule has 1 saturated carbocycles. The molecule has 0 aromatic rings. The van der Waals surface area contributed by atoms with Gasteiger partial charge in [0, 0.05) is 0 Å². The lowest BCUT2D eigenvalue weighted by atomic mass is 9.91. The largest absolute Gasteiger partial charge is 0.283 e. The molecule has 0 atom stereocenters.